The van der Waals surface area contributed by atoms with Gasteiger partial charge in [-0.25, -0.2) is 4.39 Å². The lowest BCUT2D eigenvalue weighted by Crippen LogP contribution is -2.29. The van der Waals surface area contributed by atoms with Crippen molar-refractivity contribution in [3.8, 4) is 5.75 Å². The molecule has 3 nitrogen and oxygen atoms in total. The van der Waals surface area contributed by atoms with Crippen LogP contribution in [0.1, 0.15) is 12.0 Å². The summed E-state index contributed by atoms with van der Waals surface area (Å²) >= 11 is 11.7. The molecule has 0 heterocycles. The van der Waals surface area contributed by atoms with Gasteiger partial charge < -0.3 is 10.1 Å². The topological polar surface area (TPSA) is 38.3 Å². The molecular weight excluding hydrogens is 340 g/mol. The van der Waals surface area contributed by atoms with E-state index in [0.29, 0.717) is 22.3 Å². The van der Waals surface area contributed by atoms with Gasteiger partial charge in [-0.15, -0.1) is 0 Å². The molecule has 1 amide bonds. The summed E-state index contributed by atoms with van der Waals surface area (Å²) in [6, 6.07) is 11.1. The molecule has 0 aromatic heterocycles. The van der Waals surface area contributed by atoms with Crippen molar-refractivity contribution < 1.29 is 13.9 Å². The molecular formula is C17H16Cl2FNO2. The van der Waals surface area contributed by atoms with E-state index >= 15 is 0 Å². The Morgan fingerprint density at radius 1 is 1.13 bits per heavy atom. The number of carbonyl (C=O) groups is 1. The van der Waals surface area contributed by atoms with Gasteiger partial charge >= 0.3 is 0 Å². The van der Waals surface area contributed by atoms with Gasteiger partial charge in [-0.2, -0.15) is 0 Å². The Labute approximate surface area is 144 Å². The maximum Gasteiger partial charge on any atom is 0.257 e. The number of hydrogen-bond donors (Lipinski definition) is 1. The summed E-state index contributed by atoms with van der Waals surface area (Å²) in [5.41, 5.74) is 1.03. The lowest BCUT2D eigenvalue weighted by molar-refractivity contribution is -0.123. The highest BCUT2D eigenvalue weighted by Crippen LogP contribution is 2.27. The van der Waals surface area contributed by atoms with Crippen LogP contribution in [0.3, 0.4) is 0 Å². The summed E-state index contributed by atoms with van der Waals surface area (Å²) in [5, 5.41) is 3.63. The Kier molecular flexibility index (Phi) is 6.68. The first-order valence-corrected chi connectivity index (χ1v) is 7.89. The molecule has 0 atom stereocenters. The van der Waals surface area contributed by atoms with E-state index in [2.05, 4.69) is 5.32 Å². The molecule has 0 aliphatic rings. The number of ether oxygens (including phenoxy) is 1. The Hall–Kier alpha value is -1.78. The number of aryl methyl sites for hydroxylation is 1. The van der Waals surface area contributed by atoms with Crippen LogP contribution in [0.15, 0.2) is 42.5 Å². The second-order valence-corrected chi connectivity index (χ2v) is 5.79. The summed E-state index contributed by atoms with van der Waals surface area (Å²) in [7, 11) is 0. The second kappa shape index (κ2) is 8.75. The van der Waals surface area contributed by atoms with Crippen LogP contribution < -0.4 is 10.1 Å². The van der Waals surface area contributed by atoms with Gasteiger partial charge in [0.05, 0.1) is 5.02 Å². The highest BCUT2D eigenvalue weighted by atomic mass is 35.5. The number of amides is 1. The van der Waals surface area contributed by atoms with E-state index in [1.54, 1.807) is 30.3 Å². The molecule has 0 spiro atoms. The van der Waals surface area contributed by atoms with Crippen LogP contribution in [0.2, 0.25) is 10.0 Å². The van der Waals surface area contributed by atoms with Crippen LogP contribution >= 0.6 is 23.2 Å². The summed E-state index contributed by atoms with van der Waals surface area (Å²) in [6.45, 7) is 0.409. The molecule has 2 rings (SSSR count). The minimum absolute atomic E-state index is 0.113. The molecule has 2 aromatic carbocycles. The third-order valence-corrected chi connectivity index (χ3v) is 3.66. The van der Waals surface area contributed by atoms with Crippen molar-refractivity contribution in [1.29, 1.82) is 0 Å². The fraction of sp³-hybridized carbons (Fsp3) is 0.235. The monoisotopic (exact) mass is 355 g/mol. The molecule has 0 bridgehead atoms. The molecule has 2 aromatic rings. The van der Waals surface area contributed by atoms with E-state index in [4.69, 9.17) is 27.9 Å². The van der Waals surface area contributed by atoms with E-state index < -0.39 is 0 Å². The van der Waals surface area contributed by atoms with Crippen molar-refractivity contribution in [2.45, 2.75) is 12.8 Å². The van der Waals surface area contributed by atoms with Crippen molar-refractivity contribution in [3.63, 3.8) is 0 Å². The predicted octanol–water partition coefficient (Wildman–Crippen LogP) is 4.26. The maximum atomic E-state index is 12.8. The molecule has 1 N–H and O–H groups in total. The van der Waals surface area contributed by atoms with Gasteiger partial charge in [0.1, 0.15) is 11.6 Å². The summed E-state index contributed by atoms with van der Waals surface area (Å²) in [4.78, 5) is 11.7. The number of rotatable bonds is 7. The minimum atomic E-state index is -0.250. The third-order valence-electron chi connectivity index (χ3n) is 3.13. The average molecular weight is 356 g/mol. The molecule has 0 fully saturated rings. The lowest BCUT2D eigenvalue weighted by Gasteiger charge is -2.09. The zero-order chi connectivity index (χ0) is 16.7. The molecule has 0 aliphatic carbocycles. The summed E-state index contributed by atoms with van der Waals surface area (Å²) in [5.74, 6) is -0.0623. The van der Waals surface area contributed by atoms with Crippen molar-refractivity contribution in [1.82, 2.24) is 5.32 Å². The van der Waals surface area contributed by atoms with Gasteiger partial charge in [0.15, 0.2) is 6.61 Å². The molecule has 122 valence electrons. The number of nitrogens with one attached hydrogen (secondary N) is 1. The van der Waals surface area contributed by atoms with Crippen molar-refractivity contribution >= 4 is 29.1 Å². The highest BCUT2D eigenvalue weighted by Gasteiger charge is 2.06. The smallest absolute Gasteiger partial charge is 0.257 e. The van der Waals surface area contributed by atoms with Crippen LogP contribution in [-0.2, 0) is 11.2 Å². The van der Waals surface area contributed by atoms with Crippen molar-refractivity contribution in [2.24, 2.45) is 0 Å². The maximum absolute atomic E-state index is 12.8. The second-order valence-electron chi connectivity index (χ2n) is 4.94. The fourth-order valence-electron chi connectivity index (χ4n) is 1.96. The lowest BCUT2D eigenvalue weighted by atomic mass is 10.1. The van der Waals surface area contributed by atoms with Crippen LogP contribution in [0.25, 0.3) is 0 Å². The highest BCUT2D eigenvalue weighted by molar-refractivity contribution is 6.35. The SMILES string of the molecule is O=C(COc1ccc(Cl)cc1Cl)NCCCc1ccc(F)cc1. The van der Waals surface area contributed by atoms with Gasteiger partial charge in [-0.3, -0.25) is 4.79 Å². The molecule has 0 unspecified atom stereocenters. The molecule has 23 heavy (non-hydrogen) atoms. The predicted molar refractivity (Wildman–Crippen MR) is 89.7 cm³/mol. The first-order valence-electron chi connectivity index (χ1n) is 7.13. The number of benzene rings is 2. The van der Waals surface area contributed by atoms with Gasteiger partial charge in [-0.1, -0.05) is 35.3 Å². The van der Waals surface area contributed by atoms with Crippen molar-refractivity contribution in [2.75, 3.05) is 13.2 Å². The minimum Gasteiger partial charge on any atom is -0.482 e. The Balaban J connectivity index is 1.66. The first kappa shape index (κ1) is 17.6. The van der Waals surface area contributed by atoms with E-state index in [9.17, 15) is 9.18 Å². The fourth-order valence-corrected chi connectivity index (χ4v) is 2.42. The molecule has 0 saturated carbocycles. The quantitative estimate of drug-likeness (QED) is 0.753. The molecule has 6 heteroatoms. The zero-order valence-electron chi connectivity index (χ0n) is 12.3. The normalized spacial score (nSPS) is 10.4. The standard InChI is InChI=1S/C17H16Cl2FNO2/c18-13-5-8-16(15(19)10-13)23-11-17(22)21-9-1-2-12-3-6-14(20)7-4-12/h3-8,10H,1-2,9,11H2,(H,21,22). The Morgan fingerprint density at radius 3 is 2.57 bits per heavy atom. The van der Waals surface area contributed by atoms with Gasteiger partial charge in [0.2, 0.25) is 0 Å². The number of carbonyl (C=O) groups excluding carboxylic acids is 1. The van der Waals surface area contributed by atoms with E-state index in [1.165, 1.54) is 12.1 Å². The average Bonchev–Trinajstić information content (AvgIpc) is 2.52. The molecule has 0 aliphatic heterocycles. The van der Waals surface area contributed by atoms with Crippen LogP contribution in [0.4, 0.5) is 4.39 Å². The third kappa shape index (κ3) is 6.08. The van der Waals surface area contributed by atoms with E-state index in [1.807, 2.05) is 0 Å². The molecule has 0 radical (unpaired) electrons. The van der Waals surface area contributed by atoms with Crippen LogP contribution in [0, 0.1) is 5.82 Å². The van der Waals surface area contributed by atoms with E-state index in [-0.39, 0.29) is 18.3 Å². The van der Waals surface area contributed by atoms with E-state index in [0.717, 1.165) is 18.4 Å². The van der Waals surface area contributed by atoms with Gasteiger partial charge in [0, 0.05) is 11.6 Å². The van der Waals surface area contributed by atoms with Crippen LogP contribution in [-0.4, -0.2) is 19.1 Å². The van der Waals surface area contributed by atoms with Crippen molar-refractivity contribution in [3.05, 3.63) is 63.9 Å². The van der Waals surface area contributed by atoms with Gasteiger partial charge in [0.25, 0.3) is 5.91 Å². The zero-order valence-corrected chi connectivity index (χ0v) is 13.8. The Bertz CT molecular complexity index is 662. The first-order chi connectivity index (χ1) is 11.0. The van der Waals surface area contributed by atoms with Crippen LogP contribution in [0.5, 0.6) is 5.75 Å². The largest absolute Gasteiger partial charge is 0.482 e. The Morgan fingerprint density at radius 2 is 1.87 bits per heavy atom. The molecule has 0 saturated heterocycles. The van der Waals surface area contributed by atoms with Gasteiger partial charge in [-0.05, 0) is 48.7 Å². The number of hydrogen-bond acceptors (Lipinski definition) is 2. The number of halogens is 3. The summed E-state index contributed by atoms with van der Waals surface area (Å²) in [6.07, 6.45) is 1.53. The summed E-state index contributed by atoms with van der Waals surface area (Å²) < 4.78 is 18.1.